The lowest BCUT2D eigenvalue weighted by Crippen LogP contribution is -2.17. The van der Waals surface area contributed by atoms with E-state index in [1.807, 2.05) is 6.92 Å². The second-order valence-electron chi connectivity index (χ2n) is 6.95. The summed E-state index contributed by atoms with van der Waals surface area (Å²) in [5.74, 6) is -0.0932. The van der Waals surface area contributed by atoms with Crippen molar-refractivity contribution in [1.29, 1.82) is 0 Å². The average Bonchev–Trinajstić information content (AvgIpc) is 2.51. The van der Waals surface area contributed by atoms with Gasteiger partial charge in [0.25, 0.3) is 0 Å². The van der Waals surface area contributed by atoms with Crippen LogP contribution in [-0.4, -0.2) is 11.1 Å². The van der Waals surface area contributed by atoms with Crippen molar-refractivity contribution in [2.45, 2.75) is 111 Å². The summed E-state index contributed by atoms with van der Waals surface area (Å²) in [7, 11) is 0. The molecule has 132 valence electrons. The molecule has 0 aliphatic heterocycles. The number of hydrogen-bond donors (Lipinski definition) is 1. The minimum atomic E-state index is -0.594. The maximum Gasteiger partial charge on any atom is 0.306 e. The first-order valence-corrected chi connectivity index (χ1v) is 9.88. The fourth-order valence-corrected chi connectivity index (χ4v) is 3.30. The van der Waals surface area contributed by atoms with Crippen LogP contribution in [0.2, 0.25) is 0 Å². The topological polar surface area (TPSA) is 37.3 Å². The second-order valence-corrected chi connectivity index (χ2v) is 6.95. The maximum absolute atomic E-state index is 11.3. The third kappa shape index (κ3) is 12.1. The van der Waals surface area contributed by atoms with E-state index in [0.717, 1.165) is 12.8 Å². The first kappa shape index (κ1) is 21.5. The molecule has 1 N–H and O–H groups in total. The zero-order valence-electron chi connectivity index (χ0n) is 15.4. The zero-order valence-corrected chi connectivity index (χ0v) is 15.4. The Balaban J connectivity index is 4.06. The lowest BCUT2D eigenvalue weighted by Gasteiger charge is -2.20. The molecule has 22 heavy (non-hydrogen) atoms. The average molecular weight is 313 g/mol. The number of carbonyl (C=O) groups is 1. The van der Waals surface area contributed by atoms with Gasteiger partial charge in [-0.2, -0.15) is 0 Å². The Kier molecular flexibility index (Phi) is 15.0. The van der Waals surface area contributed by atoms with Crippen molar-refractivity contribution in [3.8, 4) is 0 Å². The van der Waals surface area contributed by atoms with Crippen molar-refractivity contribution in [3.63, 3.8) is 0 Å². The van der Waals surface area contributed by atoms with Crippen LogP contribution in [0.15, 0.2) is 0 Å². The van der Waals surface area contributed by atoms with Gasteiger partial charge in [0, 0.05) is 0 Å². The van der Waals surface area contributed by atoms with Crippen molar-refractivity contribution in [2.75, 3.05) is 0 Å². The predicted molar refractivity (Wildman–Crippen MR) is 96.3 cm³/mol. The van der Waals surface area contributed by atoms with Crippen molar-refractivity contribution < 1.29 is 9.90 Å². The van der Waals surface area contributed by atoms with Crippen LogP contribution in [0.1, 0.15) is 111 Å². The molecule has 0 aromatic carbocycles. The van der Waals surface area contributed by atoms with E-state index in [-0.39, 0.29) is 5.92 Å². The molecule has 0 radical (unpaired) electrons. The molecule has 0 saturated carbocycles. The molecular weight excluding hydrogens is 272 g/mol. The molecule has 2 heteroatoms. The van der Waals surface area contributed by atoms with Crippen molar-refractivity contribution in [1.82, 2.24) is 0 Å². The van der Waals surface area contributed by atoms with E-state index in [1.165, 1.54) is 77.0 Å². The first-order chi connectivity index (χ1) is 10.7. The van der Waals surface area contributed by atoms with Gasteiger partial charge >= 0.3 is 5.97 Å². The fourth-order valence-electron chi connectivity index (χ4n) is 3.30. The van der Waals surface area contributed by atoms with Crippen LogP contribution in [-0.2, 0) is 4.79 Å². The zero-order chi connectivity index (χ0) is 16.6. The molecule has 2 nitrogen and oxygen atoms in total. The van der Waals surface area contributed by atoms with Crippen LogP contribution >= 0.6 is 0 Å². The molecule has 0 bridgehead atoms. The Bertz CT molecular complexity index is 250. The Morgan fingerprint density at radius 1 is 0.773 bits per heavy atom. The predicted octanol–water partition coefficient (Wildman–Crippen LogP) is 6.82. The lowest BCUT2D eigenvalue weighted by molar-refractivity contribution is -0.142. The normalized spacial score (nSPS) is 14.0. The van der Waals surface area contributed by atoms with Crippen LogP contribution in [0.5, 0.6) is 0 Å². The number of carboxylic acids is 1. The van der Waals surface area contributed by atoms with Gasteiger partial charge in [-0.25, -0.2) is 0 Å². The van der Waals surface area contributed by atoms with Crippen molar-refractivity contribution in [2.24, 2.45) is 11.8 Å². The van der Waals surface area contributed by atoms with Gasteiger partial charge in [0.05, 0.1) is 5.92 Å². The van der Waals surface area contributed by atoms with Gasteiger partial charge in [0.15, 0.2) is 0 Å². The summed E-state index contributed by atoms with van der Waals surface area (Å²) in [5.41, 5.74) is 0. The fraction of sp³-hybridized carbons (Fsp3) is 0.950. The molecular formula is C20H40O2. The number of hydrogen-bond acceptors (Lipinski definition) is 1. The van der Waals surface area contributed by atoms with E-state index in [4.69, 9.17) is 0 Å². The summed E-state index contributed by atoms with van der Waals surface area (Å²) in [4.78, 5) is 11.3. The van der Waals surface area contributed by atoms with Gasteiger partial charge in [-0.3, -0.25) is 4.79 Å². The van der Waals surface area contributed by atoms with E-state index in [1.54, 1.807) is 0 Å². The number of unbranched alkanes of at least 4 members (excludes halogenated alkanes) is 8. The highest BCUT2D eigenvalue weighted by Gasteiger charge is 2.20. The monoisotopic (exact) mass is 312 g/mol. The van der Waals surface area contributed by atoms with Crippen LogP contribution in [0.3, 0.4) is 0 Å². The minimum Gasteiger partial charge on any atom is -0.481 e. The molecule has 0 aromatic heterocycles. The van der Waals surface area contributed by atoms with Gasteiger partial charge in [-0.05, 0) is 18.8 Å². The summed E-state index contributed by atoms with van der Waals surface area (Å²) in [6, 6.07) is 0. The highest BCUT2D eigenvalue weighted by atomic mass is 16.4. The smallest absolute Gasteiger partial charge is 0.306 e. The van der Waals surface area contributed by atoms with Crippen LogP contribution in [0.25, 0.3) is 0 Å². The number of aliphatic carboxylic acids is 1. The van der Waals surface area contributed by atoms with Gasteiger partial charge in [-0.1, -0.05) is 97.8 Å². The highest BCUT2D eigenvalue weighted by Crippen LogP contribution is 2.26. The van der Waals surface area contributed by atoms with E-state index < -0.39 is 5.97 Å². The summed E-state index contributed by atoms with van der Waals surface area (Å²) in [5, 5.41) is 9.30. The highest BCUT2D eigenvalue weighted by molar-refractivity contribution is 5.69. The van der Waals surface area contributed by atoms with Crippen molar-refractivity contribution in [3.05, 3.63) is 0 Å². The van der Waals surface area contributed by atoms with E-state index in [9.17, 15) is 9.90 Å². The quantitative estimate of drug-likeness (QED) is 0.317. The largest absolute Gasteiger partial charge is 0.481 e. The molecule has 0 rings (SSSR count). The molecule has 0 fully saturated rings. The van der Waals surface area contributed by atoms with E-state index in [0.29, 0.717) is 5.92 Å². The first-order valence-electron chi connectivity index (χ1n) is 9.88. The minimum absolute atomic E-state index is 0.128. The van der Waals surface area contributed by atoms with Crippen LogP contribution < -0.4 is 0 Å². The molecule has 2 atom stereocenters. The molecule has 0 spiro atoms. The van der Waals surface area contributed by atoms with E-state index >= 15 is 0 Å². The maximum atomic E-state index is 11.3. The van der Waals surface area contributed by atoms with Crippen LogP contribution in [0, 0.1) is 11.8 Å². The Morgan fingerprint density at radius 2 is 1.23 bits per heavy atom. The summed E-state index contributed by atoms with van der Waals surface area (Å²) < 4.78 is 0. The Morgan fingerprint density at radius 3 is 1.68 bits per heavy atom. The molecule has 0 aliphatic carbocycles. The molecule has 0 amide bonds. The molecule has 1 unspecified atom stereocenters. The summed E-state index contributed by atoms with van der Waals surface area (Å²) in [6.07, 6.45) is 17.3. The standard InChI is InChI=1S/C20H40O2/c1-4-7-9-11-12-14-16-18(15-13-10-8-5-2)17-19(6-3)20(21)22/h18-19H,4-17H2,1-3H3,(H,21,22)/t18-,19?/m1/s1. The molecule has 0 saturated heterocycles. The second kappa shape index (κ2) is 15.4. The molecule has 0 heterocycles. The number of rotatable bonds is 16. The summed E-state index contributed by atoms with van der Waals surface area (Å²) >= 11 is 0. The third-order valence-corrected chi connectivity index (χ3v) is 4.89. The van der Waals surface area contributed by atoms with Crippen molar-refractivity contribution >= 4 is 5.97 Å². The van der Waals surface area contributed by atoms with E-state index in [2.05, 4.69) is 13.8 Å². The third-order valence-electron chi connectivity index (χ3n) is 4.89. The van der Waals surface area contributed by atoms with Gasteiger partial charge in [0.2, 0.25) is 0 Å². The summed E-state index contributed by atoms with van der Waals surface area (Å²) in [6.45, 7) is 6.51. The Hall–Kier alpha value is -0.530. The molecule has 0 aromatic rings. The van der Waals surface area contributed by atoms with Crippen LogP contribution in [0.4, 0.5) is 0 Å². The van der Waals surface area contributed by atoms with Gasteiger partial charge in [-0.15, -0.1) is 0 Å². The van der Waals surface area contributed by atoms with Gasteiger partial charge in [0.1, 0.15) is 0 Å². The SMILES string of the molecule is CCCCCCCC[C@@H](CCCCCC)CC(CC)C(=O)O. The lowest BCUT2D eigenvalue weighted by atomic mass is 9.85. The molecule has 0 aliphatic rings. The van der Waals surface area contributed by atoms with Gasteiger partial charge < -0.3 is 5.11 Å². The Labute approximate surface area is 139 Å². The number of carboxylic acid groups (broad SMARTS) is 1.